The topological polar surface area (TPSA) is 21.3 Å². The average molecular weight is 306 g/mol. The molecule has 2 aliphatic rings. The predicted octanol–water partition coefficient (Wildman–Crippen LogP) is 4.30. The van der Waals surface area contributed by atoms with Crippen LogP contribution >= 0.6 is 11.6 Å². The Hall–Kier alpha value is -0.990. The second kappa shape index (κ2) is 6.85. The molecule has 3 heteroatoms. The molecule has 21 heavy (non-hydrogen) atoms. The minimum absolute atomic E-state index is 0.459. The van der Waals surface area contributed by atoms with Crippen molar-refractivity contribution in [2.75, 3.05) is 13.7 Å². The number of fused-ring (bicyclic) bond motifs is 1. The maximum absolute atomic E-state index is 6.26. The van der Waals surface area contributed by atoms with Gasteiger partial charge in [0.25, 0.3) is 0 Å². The summed E-state index contributed by atoms with van der Waals surface area (Å²) < 4.78 is 5.82. The Kier molecular flexibility index (Phi) is 4.87. The Balaban J connectivity index is 1.73. The molecule has 0 aromatic heterocycles. The lowest BCUT2D eigenvalue weighted by Gasteiger charge is -2.21. The van der Waals surface area contributed by atoms with Crippen molar-refractivity contribution in [1.29, 1.82) is 0 Å². The van der Waals surface area contributed by atoms with E-state index in [1.54, 1.807) is 5.57 Å². The largest absolute Gasteiger partial charge is 0.493 e. The second-order valence-electron chi connectivity index (χ2n) is 6.15. The van der Waals surface area contributed by atoms with Gasteiger partial charge in [0.2, 0.25) is 0 Å². The number of ether oxygens (including phenoxy) is 1. The van der Waals surface area contributed by atoms with E-state index in [0.717, 1.165) is 36.6 Å². The molecule has 0 amide bonds. The van der Waals surface area contributed by atoms with Crippen LogP contribution in [0.5, 0.6) is 5.75 Å². The number of likely N-dealkylation sites (N-methyl/N-ethyl adjacent to an activating group) is 1. The highest BCUT2D eigenvalue weighted by Gasteiger charge is 2.20. The van der Waals surface area contributed by atoms with Crippen LogP contribution in [0.1, 0.15) is 43.2 Å². The molecule has 1 unspecified atom stereocenters. The quantitative estimate of drug-likeness (QED) is 0.819. The van der Waals surface area contributed by atoms with Crippen molar-refractivity contribution in [3.8, 4) is 5.75 Å². The molecule has 1 atom stereocenters. The molecule has 2 nitrogen and oxygen atoms in total. The monoisotopic (exact) mass is 305 g/mol. The van der Waals surface area contributed by atoms with Gasteiger partial charge >= 0.3 is 0 Å². The number of halogens is 1. The molecule has 1 aliphatic heterocycles. The number of allylic oxidation sites excluding steroid dienone is 1. The van der Waals surface area contributed by atoms with Crippen molar-refractivity contribution < 1.29 is 4.74 Å². The van der Waals surface area contributed by atoms with Crippen molar-refractivity contribution >= 4 is 11.6 Å². The predicted molar refractivity (Wildman–Crippen MR) is 88.4 cm³/mol. The highest BCUT2D eigenvalue weighted by molar-refractivity contribution is 6.30. The number of rotatable bonds is 5. The Bertz CT molecular complexity index is 538. The normalized spacial score (nSPS) is 18.9. The van der Waals surface area contributed by atoms with Crippen LogP contribution in [-0.4, -0.2) is 19.7 Å². The van der Waals surface area contributed by atoms with Crippen LogP contribution in [0.15, 0.2) is 23.8 Å². The van der Waals surface area contributed by atoms with E-state index < -0.39 is 0 Å². The van der Waals surface area contributed by atoms with Crippen LogP contribution in [0.25, 0.3) is 0 Å². The van der Waals surface area contributed by atoms with E-state index in [4.69, 9.17) is 16.3 Å². The van der Waals surface area contributed by atoms with E-state index in [1.165, 1.54) is 36.8 Å². The van der Waals surface area contributed by atoms with E-state index in [-0.39, 0.29) is 0 Å². The van der Waals surface area contributed by atoms with Crippen LogP contribution in [-0.2, 0) is 12.8 Å². The van der Waals surface area contributed by atoms with Gasteiger partial charge in [0.15, 0.2) is 0 Å². The van der Waals surface area contributed by atoms with Gasteiger partial charge in [-0.05, 0) is 68.8 Å². The smallest absolute Gasteiger partial charge is 0.125 e. The number of benzene rings is 1. The highest BCUT2D eigenvalue weighted by Crippen LogP contribution is 2.34. The van der Waals surface area contributed by atoms with E-state index in [2.05, 4.69) is 24.5 Å². The van der Waals surface area contributed by atoms with Crippen molar-refractivity contribution in [2.24, 2.45) is 0 Å². The summed E-state index contributed by atoms with van der Waals surface area (Å²) in [6, 6.07) is 4.58. The van der Waals surface area contributed by atoms with E-state index in [9.17, 15) is 0 Å². The third kappa shape index (κ3) is 3.61. The van der Waals surface area contributed by atoms with Crippen LogP contribution in [0.2, 0.25) is 5.02 Å². The Morgan fingerprint density at radius 3 is 2.90 bits per heavy atom. The zero-order valence-electron chi connectivity index (χ0n) is 12.8. The van der Waals surface area contributed by atoms with Crippen molar-refractivity contribution in [3.05, 3.63) is 39.9 Å². The summed E-state index contributed by atoms with van der Waals surface area (Å²) >= 11 is 6.26. The van der Waals surface area contributed by atoms with Gasteiger partial charge in [-0.15, -0.1) is 0 Å². The summed E-state index contributed by atoms with van der Waals surface area (Å²) in [6.07, 6.45) is 10.8. The molecule has 0 radical (unpaired) electrons. The maximum Gasteiger partial charge on any atom is 0.125 e. The zero-order chi connectivity index (χ0) is 14.7. The highest BCUT2D eigenvalue weighted by atomic mass is 35.5. The molecule has 3 rings (SSSR count). The number of nitrogens with one attached hydrogen (secondary N) is 1. The first kappa shape index (κ1) is 14.9. The Labute approximate surface area is 132 Å². The molecule has 1 N–H and O–H groups in total. The van der Waals surface area contributed by atoms with Crippen LogP contribution in [0, 0.1) is 0 Å². The fourth-order valence-corrected chi connectivity index (χ4v) is 3.71. The molecule has 114 valence electrons. The maximum atomic E-state index is 6.26. The molecular formula is C18H24ClNO. The van der Waals surface area contributed by atoms with Gasteiger partial charge in [-0.2, -0.15) is 0 Å². The van der Waals surface area contributed by atoms with Gasteiger partial charge < -0.3 is 10.1 Å². The third-order valence-electron chi connectivity index (χ3n) is 4.59. The zero-order valence-corrected chi connectivity index (χ0v) is 13.5. The summed E-state index contributed by atoms with van der Waals surface area (Å²) in [6.45, 7) is 0.790. The first-order valence-electron chi connectivity index (χ1n) is 8.05. The summed E-state index contributed by atoms with van der Waals surface area (Å²) in [5, 5.41) is 4.30. The molecule has 1 aromatic rings. The fourth-order valence-electron chi connectivity index (χ4n) is 3.45. The molecule has 0 spiro atoms. The van der Waals surface area contributed by atoms with Gasteiger partial charge in [-0.1, -0.05) is 23.3 Å². The second-order valence-corrected chi connectivity index (χ2v) is 6.59. The van der Waals surface area contributed by atoms with Gasteiger partial charge in [0.1, 0.15) is 5.75 Å². The SMILES string of the molecule is CNC(CC1=CCCCC1)Cc1cc(Cl)cc2c1OCC2. The fraction of sp³-hybridized carbons (Fsp3) is 0.556. The van der Waals surface area contributed by atoms with Gasteiger partial charge in [0, 0.05) is 17.5 Å². The van der Waals surface area contributed by atoms with Crippen molar-refractivity contribution in [2.45, 2.75) is 51.0 Å². The first-order chi connectivity index (χ1) is 10.3. The van der Waals surface area contributed by atoms with Crippen LogP contribution < -0.4 is 10.1 Å². The van der Waals surface area contributed by atoms with Crippen LogP contribution in [0.4, 0.5) is 0 Å². The molecule has 0 bridgehead atoms. The van der Waals surface area contributed by atoms with E-state index in [0.29, 0.717) is 6.04 Å². The number of hydrogen-bond acceptors (Lipinski definition) is 2. The van der Waals surface area contributed by atoms with E-state index >= 15 is 0 Å². The molecule has 0 saturated heterocycles. The lowest BCUT2D eigenvalue weighted by Crippen LogP contribution is -2.28. The van der Waals surface area contributed by atoms with Crippen molar-refractivity contribution in [3.63, 3.8) is 0 Å². The Morgan fingerprint density at radius 2 is 2.14 bits per heavy atom. The molecule has 1 aliphatic carbocycles. The molecule has 0 fully saturated rings. The summed E-state index contributed by atoms with van der Waals surface area (Å²) in [5.74, 6) is 1.08. The summed E-state index contributed by atoms with van der Waals surface area (Å²) in [5.41, 5.74) is 4.13. The molecule has 0 saturated carbocycles. The van der Waals surface area contributed by atoms with Gasteiger partial charge in [-0.3, -0.25) is 0 Å². The lowest BCUT2D eigenvalue weighted by atomic mass is 9.91. The van der Waals surface area contributed by atoms with Gasteiger partial charge in [0.05, 0.1) is 6.61 Å². The first-order valence-corrected chi connectivity index (χ1v) is 8.43. The molecule has 1 heterocycles. The third-order valence-corrected chi connectivity index (χ3v) is 4.81. The number of hydrogen-bond donors (Lipinski definition) is 1. The minimum atomic E-state index is 0.459. The standard InChI is InChI=1S/C18H24ClNO/c1-20-17(9-13-5-3-2-4-6-13)12-15-11-16(19)10-14-7-8-21-18(14)15/h5,10-11,17,20H,2-4,6-9,12H2,1H3. The minimum Gasteiger partial charge on any atom is -0.493 e. The lowest BCUT2D eigenvalue weighted by molar-refractivity contribution is 0.351. The van der Waals surface area contributed by atoms with Crippen LogP contribution in [0.3, 0.4) is 0 Å². The summed E-state index contributed by atoms with van der Waals surface area (Å²) in [7, 11) is 2.06. The average Bonchev–Trinajstić information content (AvgIpc) is 2.96. The molecular weight excluding hydrogens is 282 g/mol. The Morgan fingerprint density at radius 1 is 1.24 bits per heavy atom. The van der Waals surface area contributed by atoms with Gasteiger partial charge in [-0.25, -0.2) is 0 Å². The summed E-state index contributed by atoms with van der Waals surface area (Å²) in [4.78, 5) is 0. The van der Waals surface area contributed by atoms with Crippen molar-refractivity contribution in [1.82, 2.24) is 5.32 Å². The molecule has 1 aromatic carbocycles. The van der Waals surface area contributed by atoms with E-state index in [1.807, 2.05) is 6.07 Å².